The van der Waals surface area contributed by atoms with E-state index in [1.165, 1.54) is 17.6 Å². The number of nitrogens with one attached hydrogen (secondary N) is 1. The minimum absolute atomic E-state index is 0.0487. The lowest BCUT2D eigenvalue weighted by molar-refractivity contribution is -0.385. The van der Waals surface area contributed by atoms with Crippen molar-refractivity contribution in [3.63, 3.8) is 0 Å². The molecule has 8 nitrogen and oxygen atoms in total. The van der Waals surface area contributed by atoms with Gasteiger partial charge in [-0.15, -0.1) is 11.3 Å². The van der Waals surface area contributed by atoms with E-state index in [2.05, 4.69) is 15.5 Å². The van der Waals surface area contributed by atoms with Crippen LogP contribution in [-0.2, 0) is 0 Å². The summed E-state index contributed by atoms with van der Waals surface area (Å²) in [6.45, 7) is 0. The standard InChI is InChI=1S/C16H12N4O4S/c21-14-6-11(13(20(23)24)7-15(14)22)8-17-19-16-18-12(9-25-16)10-4-2-1-3-5-10/h1-9,21-22H,(H,18,19). The van der Waals surface area contributed by atoms with Crippen molar-refractivity contribution in [1.82, 2.24) is 4.98 Å². The van der Waals surface area contributed by atoms with E-state index in [-0.39, 0.29) is 11.3 Å². The van der Waals surface area contributed by atoms with E-state index in [1.54, 1.807) is 0 Å². The number of phenols is 2. The zero-order valence-electron chi connectivity index (χ0n) is 12.7. The molecule has 3 N–H and O–H groups in total. The van der Waals surface area contributed by atoms with Gasteiger partial charge in [-0.3, -0.25) is 15.5 Å². The summed E-state index contributed by atoms with van der Waals surface area (Å²) >= 11 is 1.34. The van der Waals surface area contributed by atoms with Gasteiger partial charge >= 0.3 is 0 Å². The van der Waals surface area contributed by atoms with Crippen molar-refractivity contribution in [1.29, 1.82) is 0 Å². The molecule has 0 amide bonds. The van der Waals surface area contributed by atoms with Gasteiger partial charge in [0.25, 0.3) is 5.69 Å². The number of hydrogen-bond acceptors (Lipinski definition) is 8. The normalized spacial score (nSPS) is 10.9. The van der Waals surface area contributed by atoms with Crippen LogP contribution in [0.5, 0.6) is 11.5 Å². The van der Waals surface area contributed by atoms with Crippen LogP contribution in [0, 0.1) is 10.1 Å². The van der Waals surface area contributed by atoms with Gasteiger partial charge in [-0.05, 0) is 6.07 Å². The molecule has 0 spiro atoms. The Morgan fingerprint density at radius 3 is 2.64 bits per heavy atom. The van der Waals surface area contributed by atoms with Crippen molar-refractivity contribution in [2.45, 2.75) is 0 Å². The van der Waals surface area contributed by atoms with Gasteiger partial charge in [0.2, 0.25) is 5.13 Å². The first kappa shape index (κ1) is 16.4. The highest BCUT2D eigenvalue weighted by atomic mass is 32.1. The van der Waals surface area contributed by atoms with Crippen LogP contribution < -0.4 is 5.43 Å². The molecule has 0 atom stereocenters. The Balaban J connectivity index is 1.77. The third kappa shape index (κ3) is 3.72. The van der Waals surface area contributed by atoms with E-state index < -0.39 is 16.4 Å². The average molecular weight is 356 g/mol. The Hall–Kier alpha value is -3.46. The Morgan fingerprint density at radius 1 is 1.20 bits per heavy atom. The summed E-state index contributed by atoms with van der Waals surface area (Å²) in [5.74, 6) is -1.03. The van der Waals surface area contributed by atoms with Crippen molar-refractivity contribution in [2.24, 2.45) is 5.10 Å². The number of nitro groups is 1. The van der Waals surface area contributed by atoms with E-state index in [4.69, 9.17) is 0 Å². The first-order chi connectivity index (χ1) is 12.0. The van der Waals surface area contributed by atoms with Crippen LogP contribution in [0.15, 0.2) is 52.9 Å². The van der Waals surface area contributed by atoms with E-state index >= 15 is 0 Å². The summed E-state index contributed by atoms with van der Waals surface area (Å²) in [4.78, 5) is 14.7. The summed E-state index contributed by atoms with van der Waals surface area (Å²) in [6.07, 6.45) is 1.18. The molecule has 3 rings (SSSR count). The first-order valence-corrected chi connectivity index (χ1v) is 7.93. The summed E-state index contributed by atoms with van der Waals surface area (Å²) in [5, 5.41) is 36.1. The van der Waals surface area contributed by atoms with Crippen LogP contribution in [0.2, 0.25) is 0 Å². The number of rotatable bonds is 5. The number of phenolic OH excluding ortho intramolecular Hbond substituents is 2. The molecular weight excluding hydrogens is 344 g/mol. The van der Waals surface area contributed by atoms with Gasteiger partial charge in [0.05, 0.1) is 28.5 Å². The molecule has 0 radical (unpaired) electrons. The molecular formula is C16H12N4O4S. The van der Waals surface area contributed by atoms with Gasteiger partial charge in [-0.1, -0.05) is 30.3 Å². The van der Waals surface area contributed by atoms with E-state index in [9.17, 15) is 20.3 Å². The lowest BCUT2D eigenvalue weighted by Gasteiger charge is -2.01. The smallest absolute Gasteiger partial charge is 0.282 e. The van der Waals surface area contributed by atoms with Crippen molar-refractivity contribution in [3.8, 4) is 22.8 Å². The SMILES string of the molecule is O=[N+]([O-])c1cc(O)c(O)cc1C=NNc1nc(-c2ccccc2)cs1. The van der Waals surface area contributed by atoms with Gasteiger partial charge in [-0.2, -0.15) is 5.10 Å². The van der Waals surface area contributed by atoms with Gasteiger partial charge in [0.1, 0.15) is 0 Å². The fourth-order valence-corrected chi connectivity index (χ4v) is 2.74. The largest absolute Gasteiger partial charge is 0.504 e. The Labute approximate surface area is 145 Å². The molecule has 0 saturated heterocycles. The number of hydrazone groups is 1. The molecule has 0 fully saturated rings. The minimum atomic E-state index is -0.669. The second-order valence-electron chi connectivity index (χ2n) is 4.93. The van der Waals surface area contributed by atoms with E-state index in [1.807, 2.05) is 35.7 Å². The van der Waals surface area contributed by atoms with Crippen LogP contribution in [0.3, 0.4) is 0 Å². The van der Waals surface area contributed by atoms with E-state index in [0.29, 0.717) is 5.13 Å². The Bertz CT molecular complexity index is 941. The molecule has 0 unspecified atom stereocenters. The number of anilines is 1. The predicted octanol–water partition coefficient (Wildman–Crippen LogP) is 3.58. The summed E-state index contributed by atoms with van der Waals surface area (Å²) < 4.78 is 0. The third-order valence-corrected chi connectivity index (χ3v) is 4.01. The average Bonchev–Trinajstić information content (AvgIpc) is 3.07. The number of nitro benzene ring substituents is 1. The maximum absolute atomic E-state index is 11.0. The fourth-order valence-electron chi connectivity index (χ4n) is 2.07. The summed E-state index contributed by atoms with van der Waals surface area (Å²) in [6, 6.07) is 11.5. The zero-order chi connectivity index (χ0) is 17.8. The molecule has 0 aliphatic carbocycles. The number of thiazole rings is 1. The third-order valence-electron chi connectivity index (χ3n) is 3.26. The fraction of sp³-hybridized carbons (Fsp3) is 0. The molecule has 1 aromatic heterocycles. The number of aromatic hydroxyl groups is 2. The van der Waals surface area contributed by atoms with Crippen LogP contribution in [-0.4, -0.2) is 26.3 Å². The number of benzene rings is 2. The monoisotopic (exact) mass is 356 g/mol. The maximum Gasteiger partial charge on any atom is 0.282 e. The number of hydrogen-bond donors (Lipinski definition) is 3. The van der Waals surface area contributed by atoms with Crippen molar-refractivity contribution < 1.29 is 15.1 Å². The molecule has 0 aliphatic rings. The molecule has 9 heteroatoms. The highest BCUT2D eigenvalue weighted by molar-refractivity contribution is 7.14. The summed E-state index contributed by atoms with van der Waals surface area (Å²) in [7, 11) is 0. The number of aromatic nitrogens is 1. The predicted molar refractivity (Wildman–Crippen MR) is 95.2 cm³/mol. The minimum Gasteiger partial charge on any atom is -0.504 e. The van der Waals surface area contributed by atoms with Crippen molar-refractivity contribution in [3.05, 3.63) is 63.5 Å². The zero-order valence-corrected chi connectivity index (χ0v) is 13.5. The molecule has 1 heterocycles. The van der Waals surface area contributed by atoms with Crippen LogP contribution in [0.4, 0.5) is 10.8 Å². The van der Waals surface area contributed by atoms with Crippen LogP contribution in [0.1, 0.15) is 5.56 Å². The highest BCUT2D eigenvalue weighted by Crippen LogP contribution is 2.32. The van der Waals surface area contributed by atoms with Crippen molar-refractivity contribution >= 4 is 28.4 Å². The molecule has 0 saturated carbocycles. The molecule has 0 bridgehead atoms. The van der Waals surface area contributed by atoms with E-state index in [0.717, 1.165) is 23.4 Å². The highest BCUT2D eigenvalue weighted by Gasteiger charge is 2.16. The van der Waals surface area contributed by atoms with Gasteiger partial charge in [0.15, 0.2) is 11.5 Å². The van der Waals surface area contributed by atoms with Crippen LogP contribution >= 0.6 is 11.3 Å². The second kappa shape index (κ2) is 6.97. The number of nitrogens with zero attached hydrogens (tertiary/aromatic N) is 3. The molecule has 0 aliphatic heterocycles. The second-order valence-corrected chi connectivity index (χ2v) is 5.79. The molecule has 25 heavy (non-hydrogen) atoms. The summed E-state index contributed by atoms with van der Waals surface area (Å²) in [5.41, 5.74) is 4.13. The van der Waals surface area contributed by atoms with Gasteiger partial charge in [-0.25, -0.2) is 4.98 Å². The van der Waals surface area contributed by atoms with Gasteiger partial charge in [0, 0.05) is 10.9 Å². The van der Waals surface area contributed by atoms with Gasteiger partial charge < -0.3 is 10.2 Å². The molecule has 2 aromatic carbocycles. The lowest BCUT2D eigenvalue weighted by Crippen LogP contribution is -1.96. The molecule has 126 valence electrons. The quantitative estimate of drug-likeness (QED) is 0.278. The molecule has 3 aromatic rings. The van der Waals surface area contributed by atoms with Crippen LogP contribution in [0.25, 0.3) is 11.3 Å². The Kier molecular flexibility index (Phi) is 4.57. The topological polar surface area (TPSA) is 121 Å². The maximum atomic E-state index is 11.0. The lowest BCUT2D eigenvalue weighted by atomic mass is 10.1. The first-order valence-electron chi connectivity index (χ1n) is 7.05. The Morgan fingerprint density at radius 2 is 1.92 bits per heavy atom. The van der Waals surface area contributed by atoms with Crippen molar-refractivity contribution in [2.75, 3.05) is 5.43 Å².